The van der Waals surface area contributed by atoms with E-state index < -0.39 is 0 Å². The number of aromatic amines is 1. The summed E-state index contributed by atoms with van der Waals surface area (Å²) in [5, 5.41) is 4.22. The van der Waals surface area contributed by atoms with E-state index in [0.29, 0.717) is 0 Å². The van der Waals surface area contributed by atoms with E-state index in [1.807, 2.05) is 12.3 Å². The molecular formula is C20H30N4S+2. The first-order valence-corrected chi connectivity index (χ1v) is 9.20. The van der Waals surface area contributed by atoms with Crippen molar-refractivity contribution < 1.29 is 9.88 Å². The Morgan fingerprint density at radius 1 is 1.24 bits per heavy atom. The number of nitrogens with zero attached hydrogens (tertiary/aromatic N) is 1. The molecule has 0 amide bonds. The van der Waals surface area contributed by atoms with E-state index in [1.165, 1.54) is 16.0 Å². The van der Waals surface area contributed by atoms with Gasteiger partial charge in [-0.3, -0.25) is 0 Å². The molecule has 1 atom stereocenters. The van der Waals surface area contributed by atoms with E-state index in [4.69, 9.17) is 12.2 Å². The highest BCUT2D eigenvalue weighted by molar-refractivity contribution is 7.80. The summed E-state index contributed by atoms with van der Waals surface area (Å²) in [6.07, 6.45) is 1.96. The number of quaternary nitrogens is 1. The number of thiocarbonyl (C=S) groups is 1. The molecule has 0 aliphatic carbocycles. The van der Waals surface area contributed by atoms with Crippen molar-refractivity contribution in [3.63, 3.8) is 0 Å². The second-order valence-corrected chi connectivity index (χ2v) is 7.28. The largest absolute Gasteiger partial charge is 0.338 e. The topological polar surface area (TPSA) is 33.9 Å². The highest BCUT2D eigenvalue weighted by atomic mass is 32.1. The summed E-state index contributed by atoms with van der Waals surface area (Å²) in [5.41, 5.74) is 4.66. The average Bonchev–Trinajstić information content (AvgIpc) is 2.58. The fraction of sp³-hybridized carbons (Fsp3) is 0.400. The summed E-state index contributed by atoms with van der Waals surface area (Å²) in [6.45, 7) is 8.30. The molecule has 134 valence electrons. The highest BCUT2D eigenvalue weighted by Gasteiger charge is 2.24. The standard InChI is InChI=1S/C20H28N4S/c1-15-9-10-16(2)19(14-15)22-20(25)24(13-12-23(4)5)17(3)18-8-6-7-11-21-18/h6-11,14,17H,12-13H2,1-5H3,(H,22,25)/p+2. The van der Waals surface area contributed by atoms with Crippen LogP contribution in [0.4, 0.5) is 5.69 Å². The second-order valence-electron chi connectivity index (χ2n) is 6.89. The molecule has 0 bridgehead atoms. The molecule has 2 aromatic rings. The molecule has 25 heavy (non-hydrogen) atoms. The van der Waals surface area contributed by atoms with Crippen molar-refractivity contribution in [2.45, 2.75) is 26.8 Å². The molecule has 0 radical (unpaired) electrons. The lowest BCUT2D eigenvalue weighted by Gasteiger charge is -2.30. The van der Waals surface area contributed by atoms with E-state index in [1.54, 1.807) is 0 Å². The number of H-pyrrole nitrogens is 1. The molecule has 0 spiro atoms. The molecular weight excluding hydrogens is 328 g/mol. The monoisotopic (exact) mass is 358 g/mol. The lowest BCUT2D eigenvalue weighted by atomic mass is 10.1. The molecule has 0 saturated heterocycles. The third kappa shape index (κ3) is 5.51. The van der Waals surface area contributed by atoms with Crippen LogP contribution in [0, 0.1) is 13.8 Å². The maximum Gasteiger partial charge on any atom is 0.202 e. The number of benzene rings is 1. The van der Waals surface area contributed by atoms with Crippen molar-refractivity contribution in [1.29, 1.82) is 0 Å². The number of rotatable bonds is 6. The maximum absolute atomic E-state index is 5.78. The lowest BCUT2D eigenvalue weighted by Crippen LogP contribution is -3.06. The number of hydrogen-bond acceptors (Lipinski definition) is 1. The zero-order valence-corrected chi connectivity index (χ0v) is 16.7. The van der Waals surface area contributed by atoms with Gasteiger partial charge < -0.3 is 15.1 Å². The van der Waals surface area contributed by atoms with Gasteiger partial charge in [-0.25, -0.2) is 4.98 Å². The van der Waals surface area contributed by atoms with Crippen LogP contribution in [0.2, 0.25) is 0 Å². The van der Waals surface area contributed by atoms with Gasteiger partial charge in [-0.1, -0.05) is 18.2 Å². The summed E-state index contributed by atoms with van der Waals surface area (Å²) in [5.74, 6) is 0. The zero-order chi connectivity index (χ0) is 18.4. The Balaban J connectivity index is 2.21. The predicted octanol–water partition coefficient (Wildman–Crippen LogP) is 2.02. The van der Waals surface area contributed by atoms with E-state index >= 15 is 0 Å². The van der Waals surface area contributed by atoms with Crippen LogP contribution in [0.5, 0.6) is 0 Å². The Hall–Kier alpha value is -1.98. The lowest BCUT2D eigenvalue weighted by molar-refractivity contribution is -0.857. The Bertz CT molecular complexity index is 700. The van der Waals surface area contributed by atoms with Gasteiger partial charge >= 0.3 is 0 Å². The fourth-order valence-corrected chi connectivity index (χ4v) is 3.07. The zero-order valence-electron chi connectivity index (χ0n) is 15.9. The number of aromatic nitrogens is 1. The van der Waals surface area contributed by atoms with Crippen LogP contribution < -0.4 is 15.2 Å². The van der Waals surface area contributed by atoms with E-state index in [9.17, 15) is 0 Å². The molecule has 4 nitrogen and oxygen atoms in total. The molecule has 1 heterocycles. The Kier molecular flexibility index (Phi) is 6.91. The first-order chi connectivity index (χ1) is 11.9. The van der Waals surface area contributed by atoms with Crippen molar-refractivity contribution in [2.75, 3.05) is 32.5 Å². The third-order valence-electron chi connectivity index (χ3n) is 4.40. The van der Waals surface area contributed by atoms with Gasteiger partial charge in [0, 0.05) is 17.8 Å². The van der Waals surface area contributed by atoms with Gasteiger partial charge in [-0.2, -0.15) is 0 Å². The van der Waals surface area contributed by atoms with Gasteiger partial charge in [-0.05, 0) is 50.2 Å². The van der Waals surface area contributed by atoms with Crippen molar-refractivity contribution in [2.24, 2.45) is 0 Å². The minimum Gasteiger partial charge on any atom is -0.338 e. The van der Waals surface area contributed by atoms with Gasteiger partial charge in [0.05, 0.1) is 27.2 Å². The molecule has 0 fully saturated rings. The van der Waals surface area contributed by atoms with E-state index in [0.717, 1.165) is 29.6 Å². The second kappa shape index (κ2) is 8.92. The van der Waals surface area contributed by atoms with Crippen LogP contribution in [-0.4, -0.2) is 37.2 Å². The fourth-order valence-electron chi connectivity index (χ4n) is 2.71. The van der Waals surface area contributed by atoms with Crippen molar-refractivity contribution in [3.05, 3.63) is 59.4 Å². The third-order valence-corrected chi connectivity index (χ3v) is 4.74. The van der Waals surface area contributed by atoms with Gasteiger partial charge in [0.1, 0.15) is 6.04 Å². The first-order valence-electron chi connectivity index (χ1n) is 8.79. The van der Waals surface area contributed by atoms with Gasteiger partial charge in [-0.15, -0.1) is 0 Å². The summed E-state index contributed by atoms with van der Waals surface area (Å²) < 4.78 is 0. The average molecular weight is 359 g/mol. The van der Waals surface area contributed by atoms with Crippen LogP contribution in [0.25, 0.3) is 0 Å². The maximum atomic E-state index is 5.78. The number of likely N-dealkylation sites (N-methyl/N-ethyl adjacent to an activating group) is 1. The molecule has 0 aliphatic heterocycles. The van der Waals surface area contributed by atoms with Crippen molar-refractivity contribution >= 4 is 23.0 Å². The van der Waals surface area contributed by atoms with Gasteiger partial charge in [0.15, 0.2) is 11.3 Å². The van der Waals surface area contributed by atoms with E-state index in [2.05, 4.69) is 80.4 Å². The molecule has 1 unspecified atom stereocenters. The van der Waals surface area contributed by atoms with Gasteiger partial charge in [0.2, 0.25) is 5.69 Å². The molecule has 1 aromatic carbocycles. The van der Waals surface area contributed by atoms with Crippen molar-refractivity contribution in [3.8, 4) is 0 Å². The predicted molar refractivity (Wildman–Crippen MR) is 108 cm³/mol. The minimum atomic E-state index is 0.172. The Labute approximate surface area is 156 Å². The summed E-state index contributed by atoms with van der Waals surface area (Å²) in [4.78, 5) is 7.01. The van der Waals surface area contributed by atoms with Crippen molar-refractivity contribution in [1.82, 2.24) is 4.90 Å². The molecule has 0 saturated carbocycles. The molecule has 1 aromatic heterocycles. The number of aryl methyl sites for hydroxylation is 2. The van der Waals surface area contributed by atoms with E-state index in [-0.39, 0.29) is 6.04 Å². The Morgan fingerprint density at radius 3 is 2.64 bits per heavy atom. The molecule has 3 N–H and O–H groups in total. The normalized spacial score (nSPS) is 12.1. The molecule has 0 aliphatic rings. The summed E-state index contributed by atoms with van der Waals surface area (Å²) in [6, 6.07) is 12.7. The van der Waals surface area contributed by atoms with Crippen LogP contribution in [0.3, 0.4) is 0 Å². The summed E-state index contributed by atoms with van der Waals surface area (Å²) in [7, 11) is 4.33. The minimum absolute atomic E-state index is 0.172. The first kappa shape index (κ1) is 19.3. The number of anilines is 1. The summed E-state index contributed by atoms with van der Waals surface area (Å²) >= 11 is 5.78. The smallest absolute Gasteiger partial charge is 0.202 e. The molecule has 5 heteroatoms. The van der Waals surface area contributed by atoms with Crippen LogP contribution >= 0.6 is 12.2 Å². The molecule has 2 rings (SSSR count). The highest BCUT2D eigenvalue weighted by Crippen LogP contribution is 2.20. The SMILES string of the molecule is Cc1ccc(C)c(NC(=S)N(CC[NH+](C)C)C(C)c2cccc[nH+]2)c1. The van der Waals surface area contributed by atoms with Crippen LogP contribution in [-0.2, 0) is 0 Å². The number of nitrogens with one attached hydrogen (secondary N) is 3. The quantitative estimate of drug-likeness (QED) is 0.776. The Morgan fingerprint density at radius 2 is 2.00 bits per heavy atom. The number of pyridine rings is 1. The van der Waals surface area contributed by atoms with Crippen LogP contribution in [0.1, 0.15) is 29.8 Å². The number of hydrogen-bond donors (Lipinski definition) is 2. The van der Waals surface area contributed by atoms with Gasteiger partial charge in [0.25, 0.3) is 0 Å². The van der Waals surface area contributed by atoms with Crippen LogP contribution in [0.15, 0.2) is 42.6 Å².